The highest BCUT2D eigenvalue weighted by Crippen LogP contribution is 2.16. The number of halogens is 1. The van der Waals surface area contributed by atoms with Gasteiger partial charge in [0.25, 0.3) is 0 Å². The number of benzene rings is 1. The zero-order valence-electron chi connectivity index (χ0n) is 6.67. The summed E-state index contributed by atoms with van der Waals surface area (Å²) in [6, 6.07) is 5.61. The lowest BCUT2D eigenvalue weighted by Crippen LogP contribution is -1.96. The van der Waals surface area contributed by atoms with Crippen LogP contribution in [0.3, 0.4) is 0 Å². The molecule has 0 heterocycles. The van der Waals surface area contributed by atoms with Crippen molar-refractivity contribution >= 4 is 41.0 Å². The van der Waals surface area contributed by atoms with E-state index in [0.717, 1.165) is 14.0 Å². The van der Waals surface area contributed by atoms with Crippen molar-refractivity contribution in [2.45, 2.75) is 18.2 Å². The van der Waals surface area contributed by atoms with Crippen molar-refractivity contribution in [3.8, 4) is 0 Å². The Morgan fingerprint density at radius 2 is 2.17 bits per heavy atom. The minimum absolute atomic E-state index is 0.170. The molecule has 0 radical (unpaired) electrons. The number of carbonyl (C=O) groups is 1. The summed E-state index contributed by atoms with van der Waals surface area (Å²) in [6.45, 7) is 1.86. The monoisotopic (exact) mass is 292 g/mol. The van der Waals surface area contributed by atoms with Crippen LogP contribution in [-0.2, 0) is 0 Å². The molecule has 0 atom stereocenters. The van der Waals surface area contributed by atoms with E-state index in [1.54, 1.807) is 6.07 Å². The van der Waals surface area contributed by atoms with Gasteiger partial charge in [-0.25, -0.2) is 0 Å². The Labute approximate surface area is 91.1 Å². The van der Waals surface area contributed by atoms with Crippen LogP contribution >= 0.6 is 35.2 Å². The van der Waals surface area contributed by atoms with Gasteiger partial charge < -0.3 is 0 Å². The Morgan fingerprint density at radius 1 is 1.50 bits per heavy atom. The maximum absolute atomic E-state index is 11.3. The molecule has 1 aromatic carbocycles. The molecular weight excluding hydrogens is 283 g/mol. The van der Waals surface area contributed by atoms with Crippen LogP contribution in [0, 0.1) is 3.57 Å². The van der Waals surface area contributed by atoms with Crippen molar-refractivity contribution < 1.29 is 4.79 Å². The number of rotatable bonds is 2. The van der Waals surface area contributed by atoms with Gasteiger partial charge >= 0.3 is 0 Å². The highest BCUT2D eigenvalue weighted by Gasteiger charge is 2.03. The summed E-state index contributed by atoms with van der Waals surface area (Å²) in [4.78, 5) is 12.1. The molecule has 0 aliphatic heterocycles. The van der Waals surface area contributed by atoms with E-state index in [1.165, 1.54) is 0 Å². The largest absolute Gasteiger partial charge is 0.294 e. The maximum Gasteiger partial charge on any atom is 0.162 e. The fourth-order valence-electron chi connectivity index (χ4n) is 0.939. The van der Waals surface area contributed by atoms with E-state index >= 15 is 0 Å². The highest BCUT2D eigenvalue weighted by molar-refractivity contribution is 14.1. The average Bonchev–Trinajstić information content (AvgIpc) is 2.01. The smallest absolute Gasteiger partial charge is 0.162 e. The topological polar surface area (TPSA) is 17.1 Å². The Hall–Kier alpha value is -0.0300. The molecule has 0 spiro atoms. The highest BCUT2D eigenvalue weighted by atomic mass is 127. The van der Waals surface area contributed by atoms with Crippen molar-refractivity contribution in [3.63, 3.8) is 0 Å². The Bertz CT molecular complexity index is 289. The lowest BCUT2D eigenvalue weighted by Gasteiger charge is -2.00. The molecule has 12 heavy (non-hydrogen) atoms. The van der Waals surface area contributed by atoms with Gasteiger partial charge in [-0.1, -0.05) is 6.92 Å². The number of Topliss-reactive ketones (excluding diaryl/α,β-unsaturated/α-hetero) is 1. The van der Waals surface area contributed by atoms with Crippen molar-refractivity contribution in [2.75, 3.05) is 0 Å². The zero-order chi connectivity index (χ0) is 9.14. The molecule has 3 heteroatoms. The molecule has 0 fully saturated rings. The first-order valence-electron chi connectivity index (χ1n) is 3.66. The molecule has 64 valence electrons. The second kappa shape index (κ2) is 4.28. The van der Waals surface area contributed by atoms with E-state index in [9.17, 15) is 4.79 Å². The first-order chi connectivity index (χ1) is 5.63. The fourth-order valence-corrected chi connectivity index (χ4v) is 2.13. The van der Waals surface area contributed by atoms with Gasteiger partial charge in [0.05, 0.1) is 0 Å². The standard InChI is InChI=1S/C9H9IOS/c1-2-9(11)6-3-7(10)5-8(12)4-6/h3-5,12H,2H2,1H3. The van der Waals surface area contributed by atoms with E-state index in [0.29, 0.717) is 6.42 Å². The lowest BCUT2D eigenvalue weighted by molar-refractivity contribution is 0.0988. The molecule has 0 N–H and O–H groups in total. The summed E-state index contributed by atoms with van der Waals surface area (Å²) >= 11 is 6.38. The summed E-state index contributed by atoms with van der Waals surface area (Å²) in [5, 5.41) is 0. The Balaban J connectivity index is 3.08. The SMILES string of the molecule is CCC(=O)c1cc(S)cc(I)c1. The van der Waals surface area contributed by atoms with Crippen LogP contribution in [0.2, 0.25) is 0 Å². The molecule has 1 aromatic rings. The number of ketones is 1. The van der Waals surface area contributed by atoms with Crippen LogP contribution in [0.4, 0.5) is 0 Å². The summed E-state index contributed by atoms with van der Waals surface area (Å²) < 4.78 is 1.05. The molecule has 0 aliphatic rings. The number of hydrogen-bond donors (Lipinski definition) is 1. The lowest BCUT2D eigenvalue weighted by atomic mass is 10.1. The predicted molar refractivity (Wildman–Crippen MR) is 61.0 cm³/mol. The van der Waals surface area contributed by atoms with Crippen molar-refractivity contribution in [1.29, 1.82) is 0 Å². The average molecular weight is 292 g/mol. The van der Waals surface area contributed by atoms with Crippen LogP contribution in [0.25, 0.3) is 0 Å². The summed E-state index contributed by atoms with van der Waals surface area (Å²) in [5.74, 6) is 0.170. The van der Waals surface area contributed by atoms with Crippen molar-refractivity contribution in [2.24, 2.45) is 0 Å². The third kappa shape index (κ3) is 2.48. The van der Waals surface area contributed by atoms with Crippen LogP contribution in [0.15, 0.2) is 23.1 Å². The van der Waals surface area contributed by atoms with Gasteiger partial charge in [-0.2, -0.15) is 0 Å². The van der Waals surface area contributed by atoms with Gasteiger partial charge in [0, 0.05) is 20.4 Å². The number of thiol groups is 1. The first-order valence-corrected chi connectivity index (χ1v) is 5.19. The minimum atomic E-state index is 0.170. The zero-order valence-corrected chi connectivity index (χ0v) is 9.72. The third-order valence-electron chi connectivity index (χ3n) is 1.53. The van der Waals surface area contributed by atoms with Gasteiger partial charge in [-0.3, -0.25) is 4.79 Å². The van der Waals surface area contributed by atoms with Gasteiger partial charge in [0.15, 0.2) is 5.78 Å². The number of hydrogen-bond acceptors (Lipinski definition) is 2. The van der Waals surface area contributed by atoms with Gasteiger partial charge in [-0.05, 0) is 40.8 Å². The molecule has 1 nitrogen and oxygen atoms in total. The second-order valence-electron chi connectivity index (χ2n) is 2.47. The Kier molecular flexibility index (Phi) is 3.58. The van der Waals surface area contributed by atoms with E-state index in [4.69, 9.17) is 0 Å². The molecule has 1 rings (SSSR count). The minimum Gasteiger partial charge on any atom is -0.294 e. The van der Waals surface area contributed by atoms with Crippen molar-refractivity contribution in [1.82, 2.24) is 0 Å². The molecule has 0 amide bonds. The predicted octanol–water partition coefficient (Wildman–Crippen LogP) is 3.17. The van der Waals surface area contributed by atoms with Gasteiger partial charge in [-0.15, -0.1) is 12.6 Å². The fraction of sp³-hybridized carbons (Fsp3) is 0.222. The normalized spacial score (nSPS) is 9.92. The molecule has 0 saturated carbocycles. The molecular formula is C9H9IOS. The molecule has 0 aliphatic carbocycles. The maximum atomic E-state index is 11.3. The Morgan fingerprint density at radius 3 is 2.67 bits per heavy atom. The van der Waals surface area contributed by atoms with E-state index in [-0.39, 0.29) is 5.78 Å². The van der Waals surface area contributed by atoms with E-state index < -0.39 is 0 Å². The number of carbonyl (C=O) groups excluding carboxylic acids is 1. The van der Waals surface area contributed by atoms with Crippen LogP contribution < -0.4 is 0 Å². The van der Waals surface area contributed by atoms with Crippen LogP contribution in [-0.4, -0.2) is 5.78 Å². The van der Waals surface area contributed by atoms with Gasteiger partial charge in [0.2, 0.25) is 0 Å². The first kappa shape index (κ1) is 10.1. The summed E-state index contributed by atoms with van der Waals surface area (Å²) in [5.41, 5.74) is 0.759. The molecule has 0 aromatic heterocycles. The van der Waals surface area contributed by atoms with Gasteiger partial charge in [0.1, 0.15) is 0 Å². The summed E-state index contributed by atoms with van der Waals surface area (Å²) in [6.07, 6.45) is 0.549. The quantitative estimate of drug-likeness (QED) is 0.503. The summed E-state index contributed by atoms with van der Waals surface area (Å²) in [7, 11) is 0. The van der Waals surface area contributed by atoms with Crippen molar-refractivity contribution in [3.05, 3.63) is 27.3 Å². The van der Waals surface area contributed by atoms with Crippen LogP contribution in [0.1, 0.15) is 23.7 Å². The van der Waals surface area contributed by atoms with E-state index in [2.05, 4.69) is 35.2 Å². The molecule has 0 unspecified atom stereocenters. The van der Waals surface area contributed by atoms with Crippen LogP contribution in [0.5, 0.6) is 0 Å². The third-order valence-corrected chi connectivity index (χ3v) is 2.41. The molecule has 0 bridgehead atoms. The molecule has 0 saturated heterocycles. The van der Waals surface area contributed by atoms with E-state index in [1.807, 2.05) is 19.1 Å². The second-order valence-corrected chi connectivity index (χ2v) is 4.24.